The number of urea groups is 1. The van der Waals surface area contributed by atoms with E-state index in [9.17, 15) is 9.90 Å². The minimum atomic E-state index is -0.816. The van der Waals surface area contributed by atoms with E-state index in [1.54, 1.807) is 15.8 Å². The summed E-state index contributed by atoms with van der Waals surface area (Å²) in [6.45, 7) is 4.07. The van der Waals surface area contributed by atoms with Crippen LogP contribution < -0.4 is 5.32 Å². The Balaban J connectivity index is 1.90. The predicted molar refractivity (Wildman–Crippen MR) is 84.5 cm³/mol. The number of rotatable bonds is 4. The first-order valence-corrected chi connectivity index (χ1v) is 7.68. The normalized spacial score (nSPS) is 22.2. The lowest BCUT2D eigenvalue weighted by Gasteiger charge is -2.40. The van der Waals surface area contributed by atoms with Crippen LogP contribution in [0.5, 0.6) is 0 Å². The number of carbonyl (C=O) groups is 1. The van der Waals surface area contributed by atoms with Crippen LogP contribution in [0, 0.1) is 6.92 Å². The number of nitrogens with one attached hydrogen (secondary N) is 1. The highest BCUT2D eigenvalue weighted by atomic mass is 16.3. The van der Waals surface area contributed by atoms with E-state index in [2.05, 4.69) is 10.4 Å². The van der Waals surface area contributed by atoms with E-state index in [0.29, 0.717) is 26.2 Å². The smallest absolute Gasteiger partial charge is 0.317 e. The number of β-amino-alcohol motifs (C(OH)–C–C–N with tert-alkyl or cyclic N) is 1. The zero-order chi connectivity index (χ0) is 16.3. The van der Waals surface area contributed by atoms with Gasteiger partial charge >= 0.3 is 6.03 Å². The van der Waals surface area contributed by atoms with E-state index in [-0.39, 0.29) is 6.03 Å². The van der Waals surface area contributed by atoms with E-state index in [1.807, 2.05) is 33.0 Å². The van der Waals surface area contributed by atoms with Crippen LogP contribution in [0.1, 0.15) is 24.1 Å². The van der Waals surface area contributed by atoms with Crippen LogP contribution in [-0.4, -0.2) is 70.0 Å². The molecule has 0 bridgehead atoms. The van der Waals surface area contributed by atoms with E-state index in [1.165, 1.54) is 0 Å². The molecule has 1 saturated heterocycles. The van der Waals surface area contributed by atoms with Crippen molar-refractivity contribution in [2.45, 2.75) is 31.9 Å². The molecule has 124 valence electrons. The van der Waals surface area contributed by atoms with Gasteiger partial charge in [-0.1, -0.05) is 0 Å². The number of piperidine rings is 1. The lowest BCUT2D eigenvalue weighted by molar-refractivity contribution is -0.0347. The van der Waals surface area contributed by atoms with Gasteiger partial charge in [0.2, 0.25) is 0 Å². The largest absolute Gasteiger partial charge is 0.387 e. The summed E-state index contributed by atoms with van der Waals surface area (Å²) in [6.07, 6.45) is 3.33. The quantitative estimate of drug-likeness (QED) is 0.840. The van der Waals surface area contributed by atoms with Crippen molar-refractivity contribution in [3.8, 4) is 0 Å². The molecule has 0 saturated carbocycles. The van der Waals surface area contributed by atoms with E-state index in [0.717, 1.165) is 24.1 Å². The first kappa shape index (κ1) is 16.8. The van der Waals surface area contributed by atoms with Gasteiger partial charge in [0.25, 0.3) is 0 Å². The lowest BCUT2D eigenvalue weighted by Crippen LogP contribution is -2.56. The molecule has 22 heavy (non-hydrogen) atoms. The molecule has 7 nitrogen and oxygen atoms in total. The van der Waals surface area contributed by atoms with Crippen LogP contribution >= 0.6 is 0 Å². The van der Waals surface area contributed by atoms with Gasteiger partial charge in [-0.2, -0.15) is 5.10 Å². The summed E-state index contributed by atoms with van der Waals surface area (Å²) in [7, 11) is 5.75. The van der Waals surface area contributed by atoms with Gasteiger partial charge < -0.3 is 20.2 Å². The third-order valence-electron chi connectivity index (χ3n) is 4.22. The van der Waals surface area contributed by atoms with Gasteiger partial charge in [0.15, 0.2) is 0 Å². The zero-order valence-corrected chi connectivity index (χ0v) is 14.0. The molecule has 1 aromatic rings. The molecule has 0 radical (unpaired) electrons. The predicted octanol–water partition coefficient (Wildman–Crippen LogP) is 0.327. The van der Waals surface area contributed by atoms with Crippen LogP contribution in [0.4, 0.5) is 4.79 Å². The average Bonchev–Trinajstić information content (AvgIpc) is 2.75. The first-order valence-electron chi connectivity index (χ1n) is 7.68. The molecule has 1 fully saturated rings. The molecule has 2 N–H and O–H groups in total. The van der Waals surface area contributed by atoms with Crippen molar-refractivity contribution < 1.29 is 9.90 Å². The fraction of sp³-hybridized carbons (Fsp3) is 0.733. The molecule has 0 spiro atoms. The standard InChI is InChI=1S/C15H27N5O2/c1-12-13(9-17-19(12)4)8-16-14(21)20-7-5-6-15(22,11-20)10-18(2)3/h9,22H,5-8,10-11H2,1-4H3,(H,16,21)/t15-/m1/s1. The highest BCUT2D eigenvalue weighted by Gasteiger charge is 2.35. The number of aromatic nitrogens is 2. The number of likely N-dealkylation sites (N-methyl/N-ethyl adjacent to an activating group) is 1. The molecule has 1 atom stereocenters. The summed E-state index contributed by atoms with van der Waals surface area (Å²) in [5, 5.41) is 17.7. The topological polar surface area (TPSA) is 73.6 Å². The number of carbonyl (C=O) groups excluding carboxylic acids is 1. The highest BCUT2D eigenvalue weighted by molar-refractivity contribution is 5.74. The van der Waals surface area contributed by atoms with Gasteiger partial charge in [-0.05, 0) is 33.9 Å². The molecule has 1 aliphatic heterocycles. The fourth-order valence-corrected chi connectivity index (χ4v) is 3.00. The van der Waals surface area contributed by atoms with Crippen molar-refractivity contribution in [1.29, 1.82) is 0 Å². The molecule has 0 aliphatic carbocycles. The molecular formula is C15H27N5O2. The van der Waals surface area contributed by atoms with Crippen molar-refractivity contribution in [2.24, 2.45) is 7.05 Å². The van der Waals surface area contributed by atoms with Crippen molar-refractivity contribution in [2.75, 3.05) is 33.7 Å². The highest BCUT2D eigenvalue weighted by Crippen LogP contribution is 2.22. The number of aryl methyl sites for hydroxylation is 1. The van der Waals surface area contributed by atoms with Crippen molar-refractivity contribution in [1.82, 2.24) is 24.9 Å². The van der Waals surface area contributed by atoms with Crippen LogP contribution in [0.25, 0.3) is 0 Å². The zero-order valence-electron chi connectivity index (χ0n) is 14.0. The first-order chi connectivity index (χ1) is 10.3. The van der Waals surface area contributed by atoms with Gasteiger partial charge in [-0.15, -0.1) is 0 Å². The van der Waals surface area contributed by atoms with Crippen LogP contribution in [0.15, 0.2) is 6.20 Å². The summed E-state index contributed by atoms with van der Waals surface area (Å²) in [5.41, 5.74) is 1.24. The molecule has 1 aliphatic rings. The van der Waals surface area contributed by atoms with Gasteiger partial charge in [0.05, 0.1) is 18.3 Å². The molecule has 0 unspecified atom stereocenters. The monoisotopic (exact) mass is 309 g/mol. The summed E-state index contributed by atoms with van der Waals surface area (Å²) in [4.78, 5) is 16.0. The molecule has 1 aromatic heterocycles. The third-order valence-corrected chi connectivity index (χ3v) is 4.22. The second kappa shape index (κ2) is 6.66. The minimum Gasteiger partial charge on any atom is -0.387 e. The minimum absolute atomic E-state index is 0.125. The Hall–Kier alpha value is -1.60. The Kier molecular flexibility index (Phi) is 5.08. The lowest BCUT2D eigenvalue weighted by atomic mass is 9.92. The summed E-state index contributed by atoms with van der Waals surface area (Å²) in [6, 6.07) is -0.125. The maximum atomic E-state index is 12.3. The van der Waals surface area contributed by atoms with E-state index >= 15 is 0 Å². The molecule has 2 heterocycles. The SMILES string of the molecule is Cc1c(CNC(=O)N2CCC[C@@](O)(CN(C)C)C2)cnn1C. The molecule has 0 aromatic carbocycles. The van der Waals surface area contributed by atoms with Crippen molar-refractivity contribution >= 4 is 6.03 Å². The van der Waals surface area contributed by atoms with Crippen LogP contribution in [-0.2, 0) is 13.6 Å². The van der Waals surface area contributed by atoms with Crippen molar-refractivity contribution in [3.63, 3.8) is 0 Å². The number of amides is 2. The van der Waals surface area contributed by atoms with Crippen LogP contribution in [0.3, 0.4) is 0 Å². The molecule has 2 rings (SSSR count). The van der Waals surface area contributed by atoms with Crippen LogP contribution in [0.2, 0.25) is 0 Å². The maximum Gasteiger partial charge on any atom is 0.317 e. The van der Waals surface area contributed by atoms with Gasteiger partial charge in [-0.25, -0.2) is 4.79 Å². The van der Waals surface area contributed by atoms with E-state index < -0.39 is 5.60 Å². The second-order valence-electron chi connectivity index (χ2n) is 6.52. The Morgan fingerprint density at radius 2 is 2.27 bits per heavy atom. The second-order valence-corrected chi connectivity index (χ2v) is 6.52. The number of aliphatic hydroxyl groups is 1. The molecular weight excluding hydrogens is 282 g/mol. The third kappa shape index (κ3) is 3.98. The number of hydrogen-bond acceptors (Lipinski definition) is 4. The van der Waals surface area contributed by atoms with Gasteiger partial charge in [-0.3, -0.25) is 4.68 Å². The average molecular weight is 309 g/mol. The fourth-order valence-electron chi connectivity index (χ4n) is 3.00. The van der Waals surface area contributed by atoms with Gasteiger partial charge in [0, 0.05) is 37.9 Å². The number of likely N-dealkylation sites (tertiary alicyclic amines) is 1. The Labute approximate surface area is 131 Å². The van der Waals surface area contributed by atoms with Crippen molar-refractivity contribution in [3.05, 3.63) is 17.5 Å². The Morgan fingerprint density at radius 3 is 2.86 bits per heavy atom. The Bertz CT molecular complexity index is 528. The number of nitrogens with zero attached hydrogens (tertiary/aromatic N) is 4. The number of hydrogen-bond donors (Lipinski definition) is 2. The van der Waals surface area contributed by atoms with E-state index in [4.69, 9.17) is 0 Å². The summed E-state index contributed by atoms with van der Waals surface area (Å²) >= 11 is 0. The summed E-state index contributed by atoms with van der Waals surface area (Å²) < 4.78 is 1.79. The Morgan fingerprint density at radius 1 is 1.55 bits per heavy atom. The molecule has 2 amide bonds. The summed E-state index contributed by atoms with van der Waals surface area (Å²) in [5.74, 6) is 0. The van der Waals surface area contributed by atoms with Gasteiger partial charge in [0.1, 0.15) is 0 Å². The maximum absolute atomic E-state index is 12.3. The molecule has 7 heteroatoms.